The van der Waals surface area contributed by atoms with Crippen molar-refractivity contribution in [3.05, 3.63) is 17.7 Å². The van der Waals surface area contributed by atoms with Crippen LogP contribution in [0.15, 0.2) is 6.20 Å². The first kappa shape index (κ1) is 14.2. The standard InChI is InChI=1S/C12H19N3O3/c1-4-5-8(2)14-11(16)7-15-9(3)13-6-10(15)12(17)18/h6,8H,4-5,7H2,1-3H3,(H,14,16)(H,17,18). The monoisotopic (exact) mass is 253 g/mol. The van der Waals surface area contributed by atoms with Gasteiger partial charge in [-0.25, -0.2) is 9.78 Å². The highest BCUT2D eigenvalue weighted by Gasteiger charge is 2.16. The zero-order chi connectivity index (χ0) is 13.7. The number of carboxylic acids is 1. The summed E-state index contributed by atoms with van der Waals surface area (Å²) in [5, 5.41) is 11.8. The van der Waals surface area contributed by atoms with E-state index in [1.54, 1.807) is 6.92 Å². The van der Waals surface area contributed by atoms with Crippen molar-refractivity contribution >= 4 is 11.9 Å². The second kappa shape index (κ2) is 6.18. The van der Waals surface area contributed by atoms with Gasteiger partial charge in [-0.05, 0) is 20.3 Å². The maximum absolute atomic E-state index is 11.8. The average molecular weight is 253 g/mol. The first-order valence-corrected chi connectivity index (χ1v) is 6.00. The van der Waals surface area contributed by atoms with Gasteiger partial charge in [0.2, 0.25) is 5.91 Å². The number of nitrogens with one attached hydrogen (secondary N) is 1. The molecule has 1 amide bonds. The Hall–Kier alpha value is -1.85. The van der Waals surface area contributed by atoms with Gasteiger partial charge in [-0.15, -0.1) is 0 Å². The number of nitrogens with zero attached hydrogens (tertiary/aromatic N) is 2. The van der Waals surface area contributed by atoms with Crippen LogP contribution in [0.3, 0.4) is 0 Å². The summed E-state index contributed by atoms with van der Waals surface area (Å²) >= 11 is 0. The molecule has 0 saturated heterocycles. The molecule has 1 atom stereocenters. The number of hydrogen-bond donors (Lipinski definition) is 2. The van der Waals surface area contributed by atoms with Crippen LogP contribution in [0.2, 0.25) is 0 Å². The van der Waals surface area contributed by atoms with Gasteiger partial charge in [-0.3, -0.25) is 4.79 Å². The van der Waals surface area contributed by atoms with Crippen molar-refractivity contribution in [3.8, 4) is 0 Å². The Kier molecular flexibility index (Phi) is 4.88. The Labute approximate surface area is 106 Å². The van der Waals surface area contributed by atoms with E-state index >= 15 is 0 Å². The number of imidazole rings is 1. The summed E-state index contributed by atoms with van der Waals surface area (Å²) in [6, 6.07) is 0.0969. The predicted octanol–water partition coefficient (Wildman–Crippen LogP) is 1.19. The quantitative estimate of drug-likeness (QED) is 0.797. The van der Waals surface area contributed by atoms with E-state index < -0.39 is 5.97 Å². The van der Waals surface area contributed by atoms with Crippen molar-refractivity contribution in [1.29, 1.82) is 0 Å². The first-order valence-electron chi connectivity index (χ1n) is 6.00. The van der Waals surface area contributed by atoms with Gasteiger partial charge in [0.1, 0.15) is 18.1 Å². The number of rotatable bonds is 6. The van der Waals surface area contributed by atoms with Crippen LogP contribution in [-0.4, -0.2) is 32.6 Å². The van der Waals surface area contributed by atoms with E-state index in [0.717, 1.165) is 12.8 Å². The van der Waals surface area contributed by atoms with Gasteiger partial charge in [-0.2, -0.15) is 0 Å². The van der Waals surface area contributed by atoms with E-state index in [9.17, 15) is 9.59 Å². The number of carbonyl (C=O) groups excluding carboxylic acids is 1. The number of aromatic nitrogens is 2. The van der Waals surface area contributed by atoms with E-state index in [-0.39, 0.29) is 24.2 Å². The molecule has 100 valence electrons. The summed E-state index contributed by atoms with van der Waals surface area (Å²) in [6.45, 7) is 5.64. The molecule has 0 bridgehead atoms. The number of aromatic carboxylic acids is 1. The van der Waals surface area contributed by atoms with E-state index in [2.05, 4.69) is 10.3 Å². The van der Waals surface area contributed by atoms with Crippen molar-refractivity contribution in [2.45, 2.75) is 46.2 Å². The topological polar surface area (TPSA) is 84.2 Å². The average Bonchev–Trinajstić information content (AvgIpc) is 2.60. The minimum absolute atomic E-state index is 0.0124. The second-order valence-corrected chi connectivity index (χ2v) is 4.34. The summed E-state index contributed by atoms with van der Waals surface area (Å²) in [4.78, 5) is 26.6. The lowest BCUT2D eigenvalue weighted by atomic mass is 10.2. The molecule has 1 unspecified atom stereocenters. The van der Waals surface area contributed by atoms with E-state index in [1.807, 2.05) is 13.8 Å². The molecule has 6 heteroatoms. The van der Waals surface area contributed by atoms with Crippen LogP contribution in [0.5, 0.6) is 0 Å². The maximum Gasteiger partial charge on any atom is 0.354 e. The van der Waals surface area contributed by atoms with Crippen molar-refractivity contribution < 1.29 is 14.7 Å². The molecule has 6 nitrogen and oxygen atoms in total. The molecule has 0 saturated carbocycles. The lowest BCUT2D eigenvalue weighted by Gasteiger charge is -2.14. The highest BCUT2D eigenvalue weighted by Crippen LogP contribution is 2.05. The molecule has 0 aliphatic heterocycles. The van der Waals surface area contributed by atoms with Crippen LogP contribution < -0.4 is 5.32 Å². The molecule has 0 aliphatic carbocycles. The summed E-state index contributed by atoms with van der Waals surface area (Å²) < 4.78 is 1.40. The minimum Gasteiger partial charge on any atom is -0.477 e. The third-order valence-electron chi connectivity index (χ3n) is 2.71. The zero-order valence-corrected chi connectivity index (χ0v) is 10.9. The van der Waals surface area contributed by atoms with Crippen molar-refractivity contribution in [2.75, 3.05) is 0 Å². The van der Waals surface area contributed by atoms with Crippen LogP contribution in [0.1, 0.15) is 43.0 Å². The molecule has 0 radical (unpaired) electrons. The summed E-state index contributed by atoms with van der Waals surface area (Å²) in [6.07, 6.45) is 3.16. The van der Waals surface area contributed by atoms with E-state index in [0.29, 0.717) is 5.82 Å². The van der Waals surface area contributed by atoms with Crippen LogP contribution >= 0.6 is 0 Å². The van der Waals surface area contributed by atoms with E-state index in [1.165, 1.54) is 10.8 Å². The molecule has 0 spiro atoms. The molecular formula is C12H19N3O3. The van der Waals surface area contributed by atoms with Gasteiger partial charge in [0.05, 0.1) is 6.20 Å². The summed E-state index contributed by atoms with van der Waals surface area (Å²) in [5.41, 5.74) is 0.0331. The van der Waals surface area contributed by atoms with Crippen LogP contribution in [0.4, 0.5) is 0 Å². The molecule has 0 aromatic carbocycles. The minimum atomic E-state index is -1.08. The normalized spacial score (nSPS) is 12.2. The highest BCUT2D eigenvalue weighted by atomic mass is 16.4. The van der Waals surface area contributed by atoms with E-state index in [4.69, 9.17) is 5.11 Å². The largest absolute Gasteiger partial charge is 0.477 e. The molecule has 0 fully saturated rings. The molecule has 1 rings (SSSR count). The SMILES string of the molecule is CCCC(C)NC(=O)Cn1c(C(=O)O)cnc1C. The molecular weight excluding hydrogens is 234 g/mol. The van der Waals surface area contributed by atoms with Gasteiger partial charge in [0.15, 0.2) is 0 Å². The summed E-state index contributed by atoms with van der Waals surface area (Å²) in [5.74, 6) is -0.754. The van der Waals surface area contributed by atoms with Gasteiger partial charge < -0.3 is 15.0 Å². The van der Waals surface area contributed by atoms with Crippen LogP contribution in [-0.2, 0) is 11.3 Å². The lowest BCUT2D eigenvalue weighted by molar-refractivity contribution is -0.122. The first-order chi connectivity index (χ1) is 8.45. The Morgan fingerprint density at radius 2 is 2.22 bits per heavy atom. The van der Waals surface area contributed by atoms with Crippen molar-refractivity contribution in [1.82, 2.24) is 14.9 Å². The molecule has 2 N–H and O–H groups in total. The Bertz CT molecular complexity index is 440. The van der Waals surface area contributed by atoms with Crippen molar-refractivity contribution in [2.24, 2.45) is 0 Å². The second-order valence-electron chi connectivity index (χ2n) is 4.34. The molecule has 1 aromatic heterocycles. The Balaban J connectivity index is 2.70. The molecule has 0 aliphatic rings. The van der Waals surface area contributed by atoms with Crippen LogP contribution in [0.25, 0.3) is 0 Å². The van der Waals surface area contributed by atoms with Gasteiger partial charge in [0, 0.05) is 6.04 Å². The van der Waals surface area contributed by atoms with Gasteiger partial charge >= 0.3 is 5.97 Å². The van der Waals surface area contributed by atoms with Crippen molar-refractivity contribution in [3.63, 3.8) is 0 Å². The zero-order valence-electron chi connectivity index (χ0n) is 10.9. The maximum atomic E-state index is 11.8. The number of aryl methyl sites for hydroxylation is 1. The third kappa shape index (κ3) is 3.58. The van der Waals surface area contributed by atoms with Crippen LogP contribution in [0, 0.1) is 6.92 Å². The number of hydrogen-bond acceptors (Lipinski definition) is 3. The number of carbonyl (C=O) groups is 2. The summed E-state index contributed by atoms with van der Waals surface area (Å²) in [7, 11) is 0. The fourth-order valence-corrected chi connectivity index (χ4v) is 1.81. The highest BCUT2D eigenvalue weighted by molar-refractivity contribution is 5.86. The van der Waals surface area contributed by atoms with Gasteiger partial charge in [-0.1, -0.05) is 13.3 Å². The Morgan fingerprint density at radius 3 is 2.78 bits per heavy atom. The number of amides is 1. The lowest BCUT2D eigenvalue weighted by Crippen LogP contribution is -2.35. The van der Waals surface area contributed by atoms with Gasteiger partial charge in [0.25, 0.3) is 0 Å². The predicted molar refractivity (Wildman–Crippen MR) is 66.4 cm³/mol. The third-order valence-corrected chi connectivity index (χ3v) is 2.71. The fourth-order valence-electron chi connectivity index (χ4n) is 1.81. The molecule has 1 aromatic rings. The number of carboxylic acid groups (broad SMARTS) is 1. The molecule has 1 heterocycles. The smallest absolute Gasteiger partial charge is 0.354 e. The Morgan fingerprint density at radius 1 is 1.56 bits per heavy atom. The molecule has 18 heavy (non-hydrogen) atoms. The fraction of sp³-hybridized carbons (Fsp3) is 0.583.